The molecule has 2 fully saturated rings. The molecule has 0 aliphatic heterocycles. The Morgan fingerprint density at radius 1 is 1.23 bits per heavy atom. The van der Waals surface area contributed by atoms with E-state index < -0.39 is 29.6 Å². The summed E-state index contributed by atoms with van der Waals surface area (Å²) >= 11 is 0. The number of hydrogen-bond donors (Lipinski definition) is 1. The Balaban J connectivity index is 1.64. The lowest BCUT2D eigenvalue weighted by molar-refractivity contribution is -0.157. The minimum absolute atomic E-state index is 0.0478. The van der Waals surface area contributed by atoms with E-state index in [0.717, 1.165) is 19.3 Å². The predicted octanol–water partition coefficient (Wildman–Crippen LogP) is 3.79. The molecule has 4 aliphatic rings. The molecule has 0 radical (unpaired) electrons. The van der Waals surface area contributed by atoms with Gasteiger partial charge >= 0.3 is 6.16 Å². The first-order valence-electron chi connectivity index (χ1n) is 11.3. The summed E-state index contributed by atoms with van der Waals surface area (Å²) in [4.78, 5) is 36.6. The minimum atomic E-state index is -1.61. The standard InChI is InChI=1S/C25H32O6/c1-5-30-22(28)31-14-21(27)25(29)15(2)12-20-18-7-6-16-13-17(26)8-10-23(16,3)19(18)9-11-24(20,25)4/h8-11,13,15,18-20,29H,5-7,12,14H2,1-4H3/t15-,18?,19?,20?,23-,24-,25-/m0/s1. The molecule has 0 heterocycles. The van der Waals surface area contributed by atoms with Crippen LogP contribution >= 0.6 is 0 Å². The molecule has 1 N–H and O–H groups in total. The van der Waals surface area contributed by atoms with Gasteiger partial charge in [0, 0.05) is 10.8 Å². The molecule has 0 aromatic carbocycles. The molecule has 0 bridgehead atoms. The van der Waals surface area contributed by atoms with Crippen molar-refractivity contribution in [2.24, 2.45) is 34.5 Å². The number of ether oxygens (including phenoxy) is 2. The fraction of sp³-hybridized carbons (Fsp3) is 0.640. The Kier molecular flexibility index (Phi) is 5.28. The number of rotatable bonds is 4. The van der Waals surface area contributed by atoms with Crippen LogP contribution in [-0.4, -0.2) is 41.6 Å². The van der Waals surface area contributed by atoms with Gasteiger partial charge in [0.2, 0.25) is 5.78 Å². The molecule has 7 atom stereocenters. The molecule has 3 unspecified atom stereocenters. The lowest BCUT2D eigenvalue weighted by atomic mass is 9.49. The number of ketones is 2. The number of carbonyl (C=O) groups is 3. The fourth-order valence-corrected chi connectivity index (χ4v) is 6.90. The zero-order valence-electron chi connectivity index (χ0n) is 18.7. The predicted molar refractivity (Wildman–Crippen MR) is 114 cm³/mol. The summed E-state index contributed by atoms with van der Waals surface area (Å²) in [5.74, 6) is -0.0602. The number of fused-ring (bicyclic) bond motifs is 5. The first-order valence-corrected chi connectivity index (χ1v) is 11.3. The number of carbonyl (C=O) groups excluding carboxylic acids is 3. The molecule has 0 saturated heterocycles. The third kappa shape index (κ3) is 3.05. The highest BCUT2D eigenvalue weighted by Gasteiger charge is 2.67. The second kappa shape index (κ2) is 7.44. The zero-order valence-corrected chi connectivity index (χ0v) is 18.7. The van der Waals surface area contributed by atoms with Gasteiger partial charge in [-0.3, -0.25) is 9.59 Å². The lowest BCUT2D eigenvalue weighted by Crippen LogP contribution is -2.57. The molecule has 0 aromatic rings. The second-order valence-corrected chi connectivity index (χ2v) is 9.96. The molecule has 0 spiro atoms. The summed E-state index contributed by atoms with van der Waals surface area (Å²) in [5.41, 5.74) is -1.39. The van der Waals surface area contributed by atoms with Gasteiger partial charge in [-0.2, -0.15) is 0 Å². The highest BCUT2D eigenvalue weighted by atomic mass is 16.7. The van der Waals surface area contributed by atoms with E-state index in [9.17, 15) is 19.5 Å². The average molecular weight is 429 g/mol. The van der Waals surface area contributed by atoms with Crippen molar-refractivity contribution in [1.29, 1.82) is 0 Å². The van der Waals surface area contributed by atoms with Crippen LogP contribution in [0.2, 0.25) is 0 Å². The van der Waals surface area contributed by atoms with E-state index in [1.54, 1.807) is 19.1 Å². The van der Waals surface area contributed by atoms with Crippen molar-refractivity contribution < 1.29 is 29.0 Å². The number of hydrogen-bond acceptors (Lipinski definition) is 6. The molecule has 0 aromatic heterocycles. The topological polar surface area (TPSA) is 89.9 Å². The molecule has 4 aliphatic carbocycles. The van der Waals surface area contributed by atoms with E-state index in [0.29, 0.717) is 5.92 Å². The summed E-state index contributed by atoms with van der Waals surface area (Å²) in [5, 5.41) is 11.7. The number of allylic oxidation sites excluding steroid dienone is 5. The van der Waals surface area contributed by atoms with Crippen LogP contribution < -0.4 is 0 Å². The molecule has 4 rings (SSSR count). The van der Waals surface area contributed by atoms with Crippen molar-refractivity contribution in [2.45, 2.75) is 52.6 Å². The van der Waals surface area contributed by atoms with Crippen LogP contribution in [0.4, 0.5) is 4.79 Å². The second-order valence-electron chi connectivity index (χ2n) is 9.96. The van der Waals surface area contributed by atoms with Crippen molar-refractivity contribution in [3.8, 4) is 0 Å². The van der Waals surface area contributed by atoms with Gasteiger partial charge in [0.25, 0.3) is 0 Å². The van der Waals surface area contributed by atoms with Crippen LogP contribution in [-0.2, 0) is 19.1 Å². The van der Waals surface area contributed by atoms with Gasteiger partial charge < -0.3 is 14.6 Å². The van der Waals surface area contributed by atoms with Gasteiger partial charge in [-0.05, 0) is 62.0 Å². The summed E-state index contributed by atoms with van der Waals surface area (Å²) in [7, 11) is 0. The molecular formula is C25H32O6. The van der Waals surface area contributed by atoms with Crippen molar-refractivity contribution in [3.63, 3.8) is 0 Å². The smallest absolute Gasteiger partial charge is 0.435 e. The largest absolute Gasteiger partial charge is 0.508 e. The van der Waals surface area contributed by atoms with Gasteiger partial charge in [0.1, 0.15) is 5.60 Å². The minimum Gasteiger partial charge on any atom is -0.435 e. The normalized spacial score (nSPS) is 42.9. The van der Waals surface area contributed by atoms with E-state index in [1.807, 2.05) is 26.0 Å². The summed E-state index contributed by atoms with van der Waals surface area (Å²) in [6.07, 6.45) is 11.2. The van der Waals surface area contributed by atoms with E-state index >= 15 is 0 Å². The maximum absolute atomic E-state index is 13.2. The summed E-state index contributed by atoms with van der Waals surface area (Å²) in [6.45, 7) is 7.38. The summed E-state index contributed by atoms with van der Waals surface area (Å²) < 4.78 is 9.70. The van der Waals surface area contributed by atoms with Crippen LogP contribution in [0, 0.1) is 34.5 Å². The van der Waals surface area contributed by atoms with E-state index in [-0.39, 0.29) is 35.6 Å². The SMILES string of the molecule is CCOC(=O)OCC(=O)[C@@]1(O)[C@@H](C)CC2C3CCC4=CC(=O)C=C[C@]4(C)C3C=C[C@@]21C. The van der Waals surface area contributed by atoms with Crippen LogP contribution in [0.3, 0.4) is 0 Å². The molecule has 2 saturated carbocycles. The average Bonchev–Trinajstić information content (AvgIpc) is 2.94. The van der Waals surface area contributed by atoms with Gasteiger partial charge in [-0.1, -0.05) is 44.6 Å². The Bertz CT molecular complexity index is 900. The molecule has 168 valence electrons. The lowest BCUT2D eigenvalue weighted by Gasteiger charge is -2.54. The Morgan fingerprint density at radius 3 is 2.68 bits per heavy atom. The van der Waals surface area contributed by atoms with Crippen LogP contribution in [0.5, 0.6) is 0 Å². The number of aliphatic hydroxyl groups is 1. The Morgan fingerprint density at radius 2 is 1.97 bits per heavy atom. The van der Waals surface area contributed by atoms with Crippen molar-refractivity contribution >= 4 is 17.7 Å². The molecule has 0 amide bonds. The highest BCUT2D eigenvalue weighted by molar-refractivity contribution is 6.01. The van der Waals surface area contributed by atoms with Gasteiger partial charge in [0.15, 0.2) is 12.4 Å². The molecular weight excluding hydrogens is 396 g/mol. The summed E-state index contributed by atoms with van der Waals surface area (Å²) in [6, 6.07) is 0. The fourth-order valence-electron chi connectivity index (χ4n) is 6.90. The zero-order chi connectivity index (χ0) is 22.6. The number of Topliss-reactive ketones (excluding diaryl/α,β-unsaturated/α-hetero) is 1. The molecule has 6 nitrogen and oxygen atoms in total. The van der Waals surface area contributed by atoms with Gasteiger partial charge in [0.05, 0.1) is 6.61 Å². The highest BCUT2D eigenvalue weighted by Crippen LogP contribution is 2.65. The monoisotopic (exact) mass is 428 g/mol. The van der Waals surface area contributed by atoms with Crippen LogP contribution in [0.1, 0.15) is 47.0 Å². The maximum atomic E-state index is 13.2. The van der Waals surface area contributed by atoms with Crippen molar-refractivity contribution in [3.05, 3.63) is 36.0 Å². The Hall–Kier alpha value is -2.21. The maximum Gasteiger partial charge on any atom is 0.508 e. The van der Waals surface area contributed by atoms with Crippen LogP contribution in [0.25, 0.3) is 0 Å². The van der Waals surface area contributed by atoms with E-state index in [1.165, 1.54) is 5.57 Å². The van der Waals surface area contributed by atoms with E-state index in [2.05, 4.69) is 13.0 Å². The third-order valence-corrected chi connectivity index (χ3v) is 8.59. The quantitative estimate of drug-likeness (QED) is 0.541. The third-order valence-electron chi connectivity index (χ3n) is 8.59. The molecule has 31 heavy (non-hydrogen) atoms. The van der Waals surface area contributed by atoms with Gasteiger partial charge in [-0.25, -0.2) is 4.79 Å². The first kappa shape index (κ1) is 22.0. The van der Waals surface area contributed by atoms with E-state index in [4.69, 9.17) is 9.47 Å². The first-order chi connectivity index (χ1) is 14.6. The molecule has 6 heteroatoms. The van der Waals surface area contributed by atoms with Crippen LogP contribution in [0.15, 0.2) is 36.0 Å². The van der Waals surface area contributed by atoms with Crippen molar-refractivity contribution in [2.75, 3.05) is 13.2 Å². The van der Waals surface area contributed by atoms with Gasteiger partial charge in [-0.15, -0.1) is 0 Å². The van der Waals surface area contributed by atoms with Crippen molar-refractivity contribution in [1.82, 2.24) is 0 Å². The Labute approximate surface area is 183 Å².